The highest BCUT2D eigenvalue weighted by atomic mass is 35.5. The number of nitrogens with zero attached hydrogens (tertiary/aromatic N) is 1. The zero-order chi connectivity index (χ0) is 20.6. The number of ether oxygens (including phenoxy) is 2. The quantitative estimate of drug-likeness (QED) is 0.707. The summed E-state index contributed by atoms with van der Waals surface area (Å²) in [6, 6.07) is 13.8. The summed E-state index contributed by atoms with van der Waals surface area (Å²) < 4.78 is 11.3. The van der Waals surface area contributed by atoms with E-state index in [9.17, 15) is 4.79 Å². The number of carbonyl (C=O) groups excluding carboxylic acids is 1. The monoisotopic (exact) mass is 416 g/mol. The lowest BCUT2D eigenvalue weighted by molar-refractivity contribution is -0.128. The van der Waals surface area contributed by atoms with Crippen molar-refractivity contribution in [2.24, 2.45) is 0 Å². The van der Waals surface area contributed by atoms with Crippen LogP contribution in [0.2, 0.25) is 5.02 Å². The van der Waals surface area contributed by atoms with Crippen LogP contribution < -0.4 is 10.1 Å². The topological polar surface area (TPSA) is 50.8 Å². The molecule has 1 saturated heterocycles. The lowest BCUT2D eigenvalue weighted by Crippen LogP contribution is -2.37. The smallest absolute Gasteiger partial charge is 0.261 e. The number of benzene rings is 2. The first-order valence-electron chi connectivity index (χ1n) is 10.1. The molecule has 156 valence electrons. The van der Waals surface area contributed by atoms with Crippen LogP contribution in [0, 0.1) is 6.92 Å². The molecule has 29 heavy (non-hydrogen) atoms. The van der Waals surface area contributed by atoms with Crippen molar-refractivity contribution in [1.29, 1.82) is 0 Å². The number of rotatable bonds is 8. The first-order chi connectivity index (χ1) is 14.0. The largest absolute Gasteiger partial charge is 0.481 e. The van der Waals surface area contributed by atoms with Gasteiger partial charge in [-0.05, 0) is 48.2 Å². The maximum Gasteiger partial charge on any atom is 0.261 e. The Kier molecular flexibility index (Phi) is 7.92. The molecule has 0 aromatic heterocycles. The van der Waals surface area contributed by atoms with Gasteiger partial charge in [-0.3, -0.25) is 9.69 Å². The van der Waals surface area contributed by atoms with Gasteiger partial charge in [-0.1, -0.05) is 42.8 Å². The second-order valence-corrected chi connectivity index (χ2v) is 7.76. The van der Waals surface area contributed by atoms with Crippen LogP contribution in [-0.2, 0) is 22.6 Å². The minimum absolute atomic E-state index is 0.113. The zero-order valence-corrected chi connectivity index (χ0v) is 17.9. The van der Waals surface area contributed by atoms with Gasteiger partial charge >= 0.3 is 0 Å². The van der Waals surface area contributed by atoms with Crippen LogP contribution >= 0.6 is 11.6 Å². The van der Waals surface area contributed by atoms with Crippen molar-refractivity contribution in [2.45, 2.75) is 39.5 Å². The molecule has 3 rings (SSSR count). The average Bonchev–Trinajstić information content (AvgIpc) is 2.74. The van der Waals surface area contributed by atoms with Crippen LogP contribution in [0.15, 0.2) is 42.5 Å². The molecule has 6 heteroatoms. The lowest BCUT2D eigenvalue weighted by Gasteiger charge is -2.26. The first-order valence-corrected chi connectivity index (χ1v) is 10.5. The van der Waals surface area contributed by atoms with Crippen LogP contribution in [0.4, 0.5) is 0 Å². The van der Waals surface area contributed by atoms with Crippen molar-refractivity contribution in [3.8, 4) is 5.75 Å². The second kappa shape index (κ2) is 10.6. The number of nitrogens with one attached hydrogen (secondary N) is 1. The molecular weight excluding hydrogens is 388 g/mol. The standard InChI is InChI=1S/C23H29ClN2O3/c1-3-22(29-20-8-9-21(24)17(2)14-20)23(27)25-15-18-4-6-19(7-5-18)16-26-10-12-28-13-11-26/h4-9,14,22H,3,10-13,15-16H2,1-2H3,(H,25,27). The molecule has 5 nitrogen and oxygen atoms in total. The zero-order valence-electron chi connectivity index (χ0n) is 17.1. The van der Waals surface area contributed by atoms with Gasteiger partial charge in [0.15, 0.2) is 6.10 Å². The van der Waals surface area contributed by atoms with Gasteiger partial charge in [0.05, 0.1) is 13.2 Å². The van der Waals surface area contributed by atoms with Crippen molar-refractivity contribution in [3.63, 3.8) is 0 Å². The summed E-state index contributed by atoms with van der Waals surface area (Å²) in [5.41, 5.74) is 3.27. The summed E-state index contributed by atoms with van der Waals surface area (Å²) >= 11 is 6.05. The fourth-order valence-electron chi connectivity index (χ4n) is 3.26. The molecule has 2 aromatic rings. The third-order valence-electron chi connectivity index (χ3n) is 5.07. The summed E-state index contributed by atoms with van der Waals surface area (Å²) in [6.45, 7) is 8.83. The van der Waals surface area contributed by atoms with Crippen molar-refractivity contribution in [1.82, 2.24) is 10.2 Å². The van der Waals surface area contributed by atoms with E-state index in [0.717, 1.165) is 44.0 Å². The minimum Gasteiger partial charge on any atom is -0.481 e. The number of morpholine rings is 1. The Hall–Kier alpha value is -2.08. The maximum atomic E-state index is 12.6. The Balaban J connectivity index is 1.49. The molecule has 2 aromatic carbocycles. The molecule has 0 saturated carbocycles. The van der Waals surface area contributed by atoms with Gasteiger partial charge in [-0.2, -0.15) is 0 Å². The van der Waals surface area contributed by atoms with Crippen LogP contribution in [0.5, 0.6) is 5.75 Å². The first kappa shape index (κ1) is 21.6. The van der Waals surface area contributed by atoms with Gasteiger partial charge < -0.3 is 14.8 Å². The van der Waals surface area contributed by atoms with Crippen molar-refractivity contribution < 1.29 is 14.3 Å². The average molecular weight is 417 g/mol. The molecule has 1 unspecified atom stereocenters. The molecule has 1 amide bonds. The molecule has 1 N–H and O–H groups in total. The molecular formula is C23H29ClN2O3. The molecule has 0 bridgehead atoms. The number of halogens is 1. The van der Waals surface area contributed by atoms with E-state index in [4.69, 9.17) is 21.1 Å². The van der Waals surface area contributed by atoms with E-state index in [1.807, 2.05) is 19.9 Å². The van der Waals surface area contributed by atoms with Crippen LogP contribution in [0.1, 0.15) is 30.0 Å². The molecule has 1 heterocycles. The Bertz CT molecular complexity index is 804. The van der Waals surface area contributed by atoms with E-state index in [1.54, 1.807) is 12.1 Å². The summed E-state index contributed by atoms with van der Waals surface area (Å²) in [5.74, 6) is 0.541. The van der Waals surface area contributed by atoms with Crippen LogP contribution in [0.25, 0.3) is 0 Å². The summed E-state index contributed by atoms with van der Waals surface area (Å²) in [7, 11) is 0. The van der Waals surface area contributed by atoms with Crippen LogP contribution in [-0.4, -0.2) is 43.2 Å². The molecule has 0 radical (unpaired) electrons. The fourth-order valence-corrected chi connectivity index (χ4v) is 3.38. The molecule has 1 atom stereocenters. The van der Waals surface area contributed by atoms with Gasteiger partial charge in [-0.25, -0.2) is 0 Å². The highest BCUT2D eigenvalue weighted by molar-refractivity contribution is 6.31. The van der Waals surface area contributed by atoms with Gasteiger partial charge in [0.1, 0.15) is 5.75 Å². The molecule has 1 aliphatic rings. The number of hydrogen-bond acceptors (Lipinski definition) is 4. The number of aryl methyl sites for hydroxylation is 1. The fraction of sp³-hybridized carbons (Fsp3) is 0.435. The normalized spacial score (nSPS) is 15.7. The van der Waals surface area contributed by atoms with Gasteiger partial charge in [-0.15, -0.1) is 0 Å². The second-order valence-electron chi connectivity index (χ2n) is 7.35. The van der Waals surface area contributed by atoms with Gasteiger partial charge in [0.2, 0.25) is 0 Å². The molecule has 0 spiro atoms. The molecule has 0 aliphatic carbocycles. The minimum atomic E-state index is -0.531. The summed E-state index contributed by atoms with van der Waals surface area (Å²) in [6.07, 6.45) is 0.0580. The Labute approximate surface area is 177 Å². The third kappa shape index (κ3) is 6.46. The third-order valence-corrected chi connectivity index (χ3v) is 5.49. The molecule has 1 aliphatic heterocycles. The van der Waals surface area contributed by atoms with Gasteiger partial charge in [0.25, 0.3) is 5.91 Å². The number of amides is 1. The SMILES string of the molecule is CCC(Oc1ccc(Cl)c(C)c1)C(=O)NCc1ccc(CN2CCOCC2)cc1. The number of hydrogen-bond donors (Lipinski definition) is 1. The maximum absolute atomic E-state index is 12.6. The van der Waals surface area contributed by atoms with E-state index >= 15 is 0 Å². The van der Waals surface area contributed by atoms with E-state index in [-0.39, 0.29) is 5.91 Å². The van der Waals surface area contributed by atoms with Gasteiger partial charge in [0, 0.05) is 31.2 Å². The van der Waals surface area contributed by atoms with E-state index < -0.39 is 6.10 Å². The summed E-state index contributed by atoms with van der Waals surface area (Å²) in [4.78, 5) is 14.9. The molecule has 1 fully saturated rings. The van der Waals surface area contributed by atoms with Crippen molar-refractivity contribution in [2.75, 3.05) is 26.3 Å². The Morgan fingerprint density at radius 1 is 1.17 bits per heavy atom. The summed E-state index contributed by atoms with van der Waals surface area (Å²) in [5, 5.41) is 3.67. The van der Waals surface area contributed by atoms with Crippen molar-refractivity contribution >= 4 is 17.5 Å². The van der Waals surface area contributed by atoms with Crippen LogP contribution in [0.3, 0.4) is 0 Å². The predicted molar refractivity (Wildman–Crippen MR) is 115 cm³/mol. The van der Waals surface area contributed by atoms with E-state index in [2.05, 4.69) is 34.5 Å². The highest BCUT2D eigenvalue weighted by Crippen LogP contribution is 2.22. The highest BCUT2D eigenvalue weighted by Gasteiger charge is 2.18. The number of carbonyl (C=O) groups is 1. The van der Waals surface area contributed by atoms with Crippen molar-refractivity contribution in [3.05, 3.63) is 64.2 Å². The lowest BCUT2D eigenvalue weighted by atomic mass is 10.1. The Morgan fingerprint density at radius 2 is 1.86 bits per heavy atom. The van der Waals surface area contributed by atoms with E-state index in [1.165, 1.54) is 5.56 Å². The predicted octanol–water partition coefficient (Wildman–Crippen LogP) is 3.95. The Morgan fingerprint density at radius 3 is 2.52 bits per heavy atom. The van der Waals surface area contributed by atoms with E-state index in [0.29, 0.717) is 23.7 Å².